The van der Waals surface area contributed by atoms with Gasteiger partial charge < -0.3 is 9.84 Å². The standard InChI is InChI=1S/C18H13Cl3N2O/c19-13-3-1-12(2-4-13)10-22-23-11-15-6-8-18(24-15)16-9-14(20)5-7-17(16)21/h1-9,11,22H,10H2/b23-11-. The third kappa shape index (κ3) is 4.32. The summed E-state index contributed by atoms with van der Waals surface area (Å²) in [6.45, 7) is 0.599. The van der Waals surface area contributed by atoms with E-state index < -0.39 is 0 Å². The molecule has 3 rings (SSSR count). The van der Waals surface area contributed by atoms with Gasteiger partial charge in [0.05, 0.1) is 17.8 Å². The van der Waals surface area contributed by atoms with Crippen molar-refractivity contribution < 1.29 is 4.42 Å². The van der Waals surface area contributed by atoms with Crippen molar-refractivity contribution in [1.29, 1.82) is 0 Å². The molecule has 2 aromatic carbocycles. The Kier molecular flexibility index (Phi) is 5.46. The molecule has 0 unspecified atom stereocenters. The first-order valence-corrected chi connectivity index (χ1v) is 8.31. The molecule has 0 fully saturated rings. The smallest absolute Gasteiger partial charge is 0.147 e. The fourth-order valence-electron chi connectivity index (χ4n) is 2.10. The van der Waals surface area contributed by atoms with Crippen LogP contribution in [0, 0.1) is 0 Å². The molecule has 3 nitrogen and oxygen atoms in total. The van der Waals surface area contributed by atoms with Crippen LogP contribution >= 0.6 is 34.8 Å². The highest BCUT2D eigenvalue weighted by Crippen LogP contribution is 2.31. The third-order valence-corrected chi connectivity index (χ3v) is 4.12. The molecular weight excluding hydrogens is 367 g/mol. The number of benzene rings is 2. The van der Waals surface area contributed by atoms with Crippen LogP contribution < -0.4 is 5.43 Å². The maximum absolute atomic E-state index is 6.17. The Labute approximate surface area is 154 Å². The number of rotatable bonds is 5. The minimum atomic E-state index is 0.582. The lowest BCUT2D eigenvalue weighted by atomic mass is 10.2. The number of hydrazone groups is 1. The summed E-state index contributed by atoms with van der Waals surface area (Å²) in [5.41, 5.74) is 4.79. The Morgan fingerprint density at radius 3 is 2.46 bits per heavy atom. The fraction of sp³-hybridized carbons (Fsp3) is 0.0556. The molecule has 0 radical (unpaired) electrons. The second kappa shape index (κ2) is 7.75. The van der Waals surface area contributed by atoms with Crippen molar-refractivity contribution in [1.82, 2.24) is 5.43 Å². The Morgan fingerprint density at radius 2 is 1.67 bits per heavy atom. The number of hydrogen-bond acceptors (Lipinski definition) is 3. The summed E-state index contributed by atoms with van der Waals surface area (Å²) >= 11 is 18.0. The Hall–Kier alpha value is -1.94. The summed E-state index contributed by atoms with van der Waals surface area (Å²) in [6.07, 6.45) is 1.61. The van der Waals surface area contributed by atoms with E-state index in [1.165, 1.54) is 0 Å². The lowest BCUT2D eigenvalue weighted by Gasteiger charge is -2.01. The normalized spacial score (nSPS) is 11.1. The van der Waals surface area contributed by atoms with E-state index in [0.717, 1.165) is 11.1 Å². The van der Waals surface area contributed by atoms with E-state index >= 15 is 0 Å². The zero-order valence-electron chi connectivity index (χ0n) is 12.5. The quantitative estimate of drug-likeness (QED) is 0.434. The average Bonchev–Trinajstić information content (AvgIpc) is 3.04. The summed E-state index contributed by atoms with van der Waals surface area (Å²) in [5, 5.41) is 6.04. The van der Waals surface area contributed by atoms with Crippen molar-refractivity contribution >= 4 is 41.0 Å². The highest BCUT2D eigenvalue weighted by molar-refractivity contribution is 6.35. The van der Waals surface area contributed by atoms with Gasteiger partial charge in [-0.25, -0.2) is 0 Å². The van der Waals surface area contributed by atoms with Gasteiger partial charge in [-0.1, -0.05) is 46.9 Å². The molecule has 0 aliphatic carbocycles. The van der Waals surface area contributed by atoms with E-state index in [-0.39, 0.29) is 0 Å². The molecule has 24 heavy (non-hydrogen) atoms. The average molecular weight is 380 g/mol. The first-order chi connectivity index (χ1) is 11.6. The van der Waals surface area contributed by atoms with E-state index in [9.17, 15) is 0 Å². The van der Waals surface area contributed by atoms with Gasteiger partial charge in [-0.15, -0.1) is 0 Å². The third-order valence-electron chi connectivity index (χ3n) is 3.30. The van der Waals surface area contributed by atoms with Gasteiger partial charge >= 0.3 is 0 Å². The fourth-order valence-corrected chi connectivity index (χ4v) is 2.61. The molecule has 0 spiro atoms. The molecule has 3 aromatic rings. The highest BCUT2D eigenvalue weighted by Gasteiger charge is 2.08. The molecule has 0 bridgehead atoms. The van der Waals surface area contributed by atoms with Gasteiger partial charge in [0.1, 0.15) is 11.5 Å². The number of nitrogens with zero attached hydrogens (tertiary/aromatic N) is 1. The van der Waals surface area contributed by atoms with E-state index in [1.807, 2.05) is 36.4 Å². The Morgan fingerprint density at radius 1 is 0.917 bits per heavy atom. The van der Waals surface area contributed by atoms with Crippen LogP contribution in [0.2, 0.25) is 15.1 Å². The zero-order chi connectivity index (χ0) is 16.9. The zero-order valence-corrected chi connectivity index (χ0v) is 14.7. The van der Waals surface area contributed by atoms with Gasteiger partial charge in [-0.2, -0.15) is 5.10 Å². The van der Waals surface area contributed by atoms with Gasteiger partial charge in [-0.3, -0.25) is 0 Å². The van der Waals surface area contributed by atoms with Gasteiger partial charge in [0.25, 0.3) is 0 Å². The molecule has 0 atom stereocenters. The van der Waals surface area contributed by atoms with Gasteiger partial charge in [-0.05, 0) is 48.0 Å². The van der Waals surface area contributed by atoms with E-state index in [4.69, 9.17) is 39.2 Å². The summed E-state index contributed by atoms with van der Waals surface area (Å²) in [6, 6.07) is 16.5. The number of nitrogens with one attached hydrogen (secondary N) is 1. The molecule has 1 N–H and O–H groups in total. The number of hydrogen-bond donors (Lipinski definition) is 1. The van der Waals surface area contributed by atoms with Crippen LogP contribution in [0.1, 0.15) is 11.3 Å². The molecule has 122 valence electrons. The van der Waals surface area contributed by atoms with Gasteiger partial charge in [0.15, 0.2) is 0 Å². The van der Waals surface area contributed by atoms with Crippen LogP contribution in [0.5, 0.6) is 0 Å². The van der Waals surface area contributed by atoms with E-state index in [0.29, 0.717) is 33.1 Å². The van der Waals surface area contributed by atoms with Crippen LogP contribution in [-0.2, 0) is 6.54 Å². The van der Waals surface area contributed by atoms with Crippen LogP contribution in [0.15, 0.2) is 64.1 Å². The molecule has 0 saturated heterocycles. The second-order valence-electron chi connectivity index (χ2n) is 5.05. The molecule has 1 heterocycles. The van der Waals surface area contributed by atoms with Crippen molar-refractivity contribution in [3.63, 3.8) is 0 Å². The molecule has 6 heteroatoms. The van der Waals surface area contributed by atoms with Gasteiger partial charge in [0.2, 0.25) is 0 Å². The first kappa shape index (κ1) is 16.9. The van der Waals surface area contributed by atoms with E-state index in [2.05, 4.69) is 10.5 Å². The number of halogens is 3. The predicted octanol–water partition coefficient (Wildman–Crippen LogP) is 6.03. The monoisotopic (exact) mass is 378 g/mol. The molecular formula is C18H13Cl3N2O. The molecule has 0 aliphatic heterocycles. The van der Waals surface area contributed by atoms with Gasteiger partial charge in [0, 0.05) is 15.6 Å². The summed E-state index contributed by atoms with van der Waals surface area (Å²) in [4.78, 5) is 0. The molecule has 0 amide bonds. The Balaban J connectivity index is 1.63. The van der Waals surface area contributed by atoms with Crippen molar-refractivity contribution in [3.05, 3.63) is 81.0 Å². The van der Waals surface area contributed by atoms with Crippen molar-refractivity contribution in [2.24, 2.45) is 5.10 Å². The van der Waals surface area contributed by atoms with Crippen molar-refractivity contribution in [2.45, 2.75) is 6.54 Å². The van der Waals surface area contributed by atoms with Crippen LogP contribution in [0.4, 0.5) is 0 Å². The van der Waals surface area contributed by atoms with Crippen molar-refractivity contribution in [3.8, 4) is 11.3 Å². The largest absolute Gasteiger partial charge is 0.455 e. The lowest BCUT2D eigenvalue weighted by Crippen LogP contribution is -2.05. The minimum Gasteiger partial charge on any atom is -0.455 e. The first-order valence-electron chi connectivity index (χ1n) is 7.17. The Bertz CT molecular complexity index is 857. The SMILES string of the molecule is Clc1ccc(CN/N=C\c2ccc(-c3cc(Cl)ccc3Cl)o2)cc1. The van der Waals surface area contributed by atoms with Crippen LogP contribution in [0.3, 0.4) is 0 Å². The predicted molar refractivity (Wildman–Crippen MR) is 100 cm³/mol. The van der Waals surface area contributed by atoms with Crippen molar-refractivity contribution in [2.75, 3.05) is 0 Å². The van der Waals surface area contributed by atoms with E-state index in [1.54, 1.807) is 24.4 Å². The topological polar surface area (TPSA) is 37.5 Å². The minimum absolute atomic E-state index is 0.582. The lowest BCUT2D eigenvalue weighted by molar-refractivity contribution is 0.573. The number of furan rings is 1. The molecule has 1 aromatic heterocycles. The molecule has 0 aliphatic rings. The maximum atomic E-state index is 6.17. The summed E-state index contributed by atoms with van der Waals surface area (Å²) in [7, 11) is 0. The second-order valence-corrected chi connectivity index (χ2v) is 6.33. The molecule has 0 saturated carbocycles. The van der Waals surface area contributed by atoms with Crippen LogP contribution in [-0.4, -0.2) is 6.21 Å². The maximum Gasteiger partial charge on any atom is 0.147 e. The summed E-state index contributed by atoms with van der Waals surface area (Å²) < 4.78 is 5.72. The van der Waals surface area contributed by atoms with Crippen LogP contribution in [0.25, 0.3) is 11.3 Å². The summed E-state index contributed by atoms with van der Waals surface area (Å²) in [5.74, 6) is 1.26. The highest BCUT2D eigenvalue weighted by atomic mass is 35.5.